The van der Waals surface area contributed by atoms with Crippen LogP contribution in [0.2, 0.25) is 0 Å². The number of carbonyl (C=O) groups is 2. The normalized spacial score (nSPS) is 12.4. The van der Waals surface area contributed by atoms with Crippen molar-refractivity contribution in [3.05, 3.63) is 0 Å². The molecule has 0 aromatic carbocycles. The van der Waals surface area contributed by atoms with E-state index in [9.17, 15) is 35.9 Å². The second kappa shape index (κ2) is 4.49. The lowest BCUT2D eigenvalue weighted by Gasteiger charge is -2.07. The molecule has 0 fully saturated rings. The van der Waals surface area contributed by atoms with E-state index in [1.165, 1.54) is 0 Å². The molecular weight excluding hydrogens is 234 g/mol. The van der Waals surface area contributed by atoms with Crippen molar-refractivity contribution >= 4 is 11.9 Å². The number of rotatable bonds is 2. The van der Waals surface area contributed by atoms with Crippen molar-refractivity contribution in [2.75, 3.05) is 0 Å². The Hall–Kier alpha value is -1.28. The third kappa shape index (κ3) is 9.03. The molecule has 0 aliphatic rings. The molecule has 0 rings (SSSR count). The molecular formula is C6H4F6O3. The van der Waals surface area contributed by atoms with Crippen LogP contribution in [0.25, 0.3) is 0 Å². The molecule has 9 heteroatoms. The summed E-state index contributed by atoms with van der Waals surface area (Å²) in [6.07, 6.45) is -14.0. The first kappa shape index (κ1) is 13.7. The number of esters is 2. The molecule has 0 aromatic rings. The standard InChI is InChI=1S/C6H4F6O3/c7-5(8,9)1-3(13)15-4(14)2-6(10,11)12/h1-2H2. The van der Waals surface area contributed by atoms with Crippen LogP contribution in [-0.4, -0.2) is 24.3 Å². The molecule has 0 spiro atoms. The van der Waals surface area contributed by atoms with E-state index in [0.29, 0.717) is 0 Å². The number of alkyl halides is 6. The first-order valence-corrected chi connectivity index (χ1v) is 3.36. The summed E-state index contributed by atoms with van der Waals surface area (Å²) in [5.41, 5.74) is 0. The number of ether oxygens (including phenoxy) is 1. The third-order valence-corrected chi connectivity index (χ3v) is 0.917. The largest absolute Gasteiger partial charge is 0.399 e. The van der Waals surface area contributed by atoms with Gasteiger partial charge in [0.1, 0.15) is 12.8 Å². The molecule has 0 aliphatic carbocycles. The van der Waals surface area contributed by atoms with Crippen LogP contribution in [0.3, 0.4) is 0 Å². The van der Waals surface area contributed by atoms with E-state index in [1.807, 2.05) is 0 Å². The number of halogens is 6. The Balaban J connectivity index is 4.04. The molecule has 3 nitrogen and oxygen atoms in total. The summed E-state index contributed by atoms with van der Waals surface area (Å²) in [6.45, 7) is 0. The molecule has 0 aromatic heterocycles. The van der Waals surface area contributed by atoms with Gasteiger partial charge in [0.05, 0.1) is 0 Å². The van der Waals surface area contributed by atoms with E-state index in [0.717, 1.165) is 0 Å². The predicted molar refractivity (Wildman–Crippen MR) is 32.4 cm³/mol. The van der Waals surface area contributed by atoms with Gasteiger partial charge in [-0.15, -0.1) is 0 Å². The van der Waals surface area contributed by atoms with Gasteiger partial charge in [-0.1, -0.05) is 0 Å². The lowest BCUT2D eigenvalue weighted by molar-refractivity contribution is -0.184. The second-order valence-electron chi connectivity index (χ2n) is 2.43. The van der Waals surface area contributed by atoms with Crippen LogP contribution in [0.4, 0.5) is 26.3 Å². The highest BCUT2D eigenvalue weighted by Crippen LogP contribution is 2.22. The smallest absolute Gasteiger partial charge is 0.393 e. The zero-order valence-electron chi connectivity index (χ0n) is 6.91. The summed E-state index contributed by atoms with van der Waals surface area (Å²) in [7, 11) is 0. The SMILES string of the molecule is O=C(CC(F)(F)F)OC(=O)CC(F)(F)F. The fraction of sp³-hybridized carbons (Fsp3) is 0.667. The van der Waals surface area contributed by atoms with Crippen molar-refractivity contribution in [2.45, 2.75) is 25.2 Å². The highest BCUT2D eigenvalue weighted by Gasteiger charge is 2.36. The number of carbonyl (C=O) groups excluding carboxylic acids is 2. The van der Waals surface area contributed by atoms with Crippen molar-refractivity contribution in [1.29, 1.82) is 0 Å². The Labute approximate surface area is 79.0 Å². The number of hydrogen-bond donors (Lipinski definition) is 0. The minimum atomic E-state index is -4.92. The molecule has 0 radical (unpaired) electrons. The average Bonchev–Trinajstić information content (AvgIpc) is 1.73. The molecule has 0 bridgehead atoms. The Morgan fingerprint density at radius 2 is 1.07 bits per heavy atom. The van der Waals surface area contributed by atoms with Crippen LogP contribution in [0.15, 0.2) is 0 Å². The van der Waals surface area contributed by atoms with Crippen molar-refractivity contribution in [3.63, 3.8) is 0 Å². The van der Waals surface area contributed by atoms with E-state index in [4.69, 9.17) is 0 Å². The van der Waals surface area contributed by atoms with E-state index >= 15 is 0 Å². The fourth-order valence-electron chi connectivity index (χ4n) is 0.526. The highest BCUT2D eigenvalue weighted by molar-refractivity contribution is 5.85. The van der Waals surface area contributed by atoms with E-state index in [2.05, 4.69) is 4.74 Å². The maximum Gasteiger partial charge on any atom is 0.399 e. The van der Waals surface area contributed by atoms with Gasteiger partial charge < -0.3 is 4.74 Å². The van der Waals surface area contributed by atoms with Gasteiger partial charge in [-0.25, -0.2) is 0 Å². The zero-order chi connectivity index (χ0) is 12.3. The Bertz CT molecular complexity index is 227. The highest BCUT2D eigenvalue weighted by atomic mass is 19.4. The van der Waals surface area contributed by atoms with E-state index in [1.54, 1.807) is 0 Å². The summed E-state index contributed by atoms with van der Waals surface area (Å²) in [4.78, 5) is 20.4. The molecule has 88 valence electrons. The van der Waals surface area contributed by atoms with Crippen LogP contribution in [0, 0.1) is 0 Å². The Kier molecular flexibility index (Phi) is 4.11. The molecule has 0 heterocycles. The van der Waals surface area contributed by atoms with Gasteiger partial charge >= 0.3 is 24.3 Å². The maximum atomic E-state index is 11.5. The fourth-order valence-corrected chi connectivity index (χ4v) is 0.526. The molecule has 0 amide bonds. The lowest BCUT2D eigenvalue weighted by atomic mass is 10.4. The van der Waals surface area contributed by atoms with Crippen LogP contribution < -0.4 is 0 Å². The molecule has 15 heavy (non-hydrogen) atoms. The van der Waals surface area contributed by atoms with Gasteiger partial charge in [-0.05, 0) is 0 Å². The quantitative estimate of drug-likeness (QED) is 0.419. The number of hydrogen-bond acceptors (Lipinski definition) is 3. The molecule has 0 unspecified atom stereocenters. The minimum Gasteiger partial charge on any atom is -0.393 e. The van der Waals surface area contributed by atoms with Gasteiger partial charge in [0.15, 0.2) is 0 Å². The summed E-state index contributed by atoms with van der Waals surface area (Å²) >= 11 is 0. The van der Waals surface area contributed by atoms with E-state index < -0.39 is 37.1 Å². The predicted octanol–water partition coefficient (Wildman–Crippen LogP) is 1.96. The summed E-state index contributed by atoms with van der Waals surface area (Å²) in [5, 5.41) is 0. The van der Waals surface area contributed by atoms with Crippen molar-refractivity contribution in [3.8, 4) is 0 Å². The third-order valence-electron chi connectivity index (χ3n) is 0.917. The lowest BCUT2D eigenvalue weighted by Crippen LogP contribution is -2.23. The average molecular weight is 238 g/mol. The maximum absolute atomic E-state index is 11.5. The molecule has 0 saturated carbocycles. The molecule has 0 saturated heterocycles. The summed E-state index contributed by atoms with van der Waals surface area (Å²) in [5.74, 6) is -4.12. The van der Waals surface area contributed by atoms with Crippen LogP contribution >= 0.6 is 0 Å². The van der Waals surface area contributed by atoms with Crippen molar-refractivity contribution in [2.24, 2.45) is 0 Å². The first-order chi connectivity index (χ1) is 6.49. The molecule has 0 N–H and O–H groups in total. The Morgan fingerprint density at radius 1 is 0.800 bits per heavy atom. The van der Waals surface area contributed by atoms with Gasteiger partial charge in [0.25, 0.3) is 0 Å². The first-order valence-electron chi connectivity index (χ1n) is 3.36. The Morgan fingerprint density at radius 3 is 1.27 bits per heavy atom. The second-order valence-corrected chi connectivity index (χ2v) is 2.43. The summed E-state index contributed by atoms with van der Waals surface area (Å²) in [6, 6.07) is 0. The van der Waals surface area contributed by atoms with Gasteiger partial charge in [-0.3, -0.25) is 9.59 Å². The van der Waals surface area contributed by atoms with Crippen molar-refractivity contribution in [1.82, 2.24) is 0 Å². The molecule has 0 aliphatic heterocycles. The van der Waals surface area contributed by atoms with E-state index in [-0.39, 0.29) is 0 Å². The summed E-state index contributed by atoms with van der Waals surface area (Å²) < 4.78 is 72.0. The van der Waals surface area contributed by atoms with Gasteiger partial charge in [0.2, 0.25) is 0 Å². The van der Waals surface area contributed by atoms with Crippen LogP contribution in [0.1, 0.15) is 12.8 Å². The van der Waals surface area contributed by atoms with Crippen molar-refractivity contribution < 1.29 is 40.7 Å². The van der Waals surface area contributed by atoms with Crippen LogP contribution in [-0.2, 0) is 14.3 Å². The van der Waals surface area contributed by atoms with Crippen LogP contribution in [0.5, 0.6) is 0 Å². The van der Waals surface area contributed by atoms with Gasteiger partial charge in [0, 0.05) is 0 Å². The zero-order valence-corrected chi connectivity index (χ0v) is 6.91. The topological polar surface area (TPSA) is 43.4 Å². The molecule has 0 atom stereocenters. The minimum absolute atomic E-state index is 2.06. The van der Waals surface area contributed by atoms with Gasteiger partial charge in [-0.2, -0.15) is 26.3 Å². The monoisotopic (exact) mass is 238 g/mol.